The fraction of sp³-hybridized carbons (Fsp3) is 0.346. The van der Waals surface area contributed by atoms with Crippen LogP contribution in [0.4, 0.5) is 10.7 Å². The van der Waals surface area contributed by atoms with E-state index in [-0.39, 0.29) is 14.0 Å². The van der Waals surface area contributed by atoms with Crippen LogP contribution in [0, 0.1) is 0 Å². The number of imidazole rings is 1. The number of H-pyrrole nitrogens is 1. The van der Waals surface area contributed by atoms with Gasteiger partial charge in [0.1, 0.15) is 5.52 Å². The van der Waals surface area contributed by atoms with E-state index in [1.54, 1.807) is 25.4 Å². The number of anilines is 1. The highest BCUT2D eigenvalue weighted by Gasteiger charge is 2.17. The number of pyridine rings is 1. The monoisotopic (exact) mass is 488 g/mol. The molecule has 0 spiro atoms. The number of carbonyl (C=O) groups excluding carboxylic acids is 1. The lowest BCUT2D eigenvalue weighted by molar-refractivity contribution is 0.167. The molecule has 0 bridgehead atoms. The number of piperazine rings is 1. The van der Waals surface area contributed by atoms with Crippen LogP contribution in [0.25, 0.3) is 33.5 Å². The summed E-state index contributed by atoms with van der Waals surface area (Å²) in [7, 11) is 0. The Bertz CT molecular complexity index is 1310. The zero-order valence-corrected chi connectivity index (χ0v) is 19.8. The van der Waals surface area contributed by atoms with Crippen LogP contribution in [0.15, 0.2) is 48.9 Å². The van der Waals surface area contributed by atoms with Crippen molar-refractivity contribution in [3.63, 3.8) is 0 Å². The van der Waals surface area contributed by atoms with Crippen molar-refractivity contribution < 1.29 is 9.53 Å². The van der Waals surface area contributed by atoms with E-state index in [1.807, 2.05) is 18.3 Å². The predicted octanol–water partition coefficient (Wildman–Crippen LogP) is 4.08. The van der Waals surface area contributed by atoms with E-state index >= 15 is 0 Å². The van der Waals surface area contributed by atoms with Crippen molar-refractivity contribution in [2.75, 3.05) is 31.6 Å². The number of rotatable bonds is 6. The van der Waals surface area contributed by atoms with Gasteiger partial charge in [0.05, 0.1) is 17.8 Å². The maximum atomic E-state index is 11.9. The maximum absolute atomic E-state index is 11.9. The number of aromatic nitrogens is 5. The first-order valence-electron chi connectivity index (χ1n) is 11.7. The van der Waals surface area contributed by atoms with E-state index in [4.69, 9.17) is 9.72 Å². The van der Waals surface area contributed by atoms with Gasteiger partial charge in [0.25, 0.3) is 0 Å². The standard InChI is InChI=1S/C25H28N8O2.CH4/c1-3-35-25(34)32-24-30-21-12-18(11-20(22(21)31-24)23-27-7-4-8-28-23)17-5-6-19(29-13-17)15-33-10-9-26-16(2)14-33;/h4-8,11-13,16,26H,3,9-10,14-15H2,1-2H3,(H2,30,31,32,34);1H4. The number of nitrogens with one attached hydrogen (secondary N) is 3. The topological polar surface area (TPSA) is 121 Å². The highest BCUT2D eigenvalue weighted by Crippen LogP contribution is 2.32. The fourth-order valence-corrected chi connectivity index (χ4v) is 4.29. The minimum absolute atomic E-state index is 0. The maximum Gasteiger partial charge on any atom is 0.413 e. The molecule has 10 nitrogen and oxygen atoms in total. The first-order valence-corrected chi connectivity index (χ1v) is 11.7. The predicted molar refractivity (Wildman–Crippen MR) is 140 cm³/mol. The highest BCUT2D eigenvalue weighted by molar-refractivity contribution is 5.96. The number of amides is 1. The highest BCUT2D eigenvalue weighted by atomic mass is 16.5. The van der Waals surface area contributed by atoms with E-state index in [0.717, 1.165) is 54.1 Å². The summed E-state index contributed by atoms with van der Waals surface area (Å²) in [5.41, 5.74) is 5.11. The van der Waals surface area contributed by atoms with Crippen LogP contribution in [0.5, 0.6) is 0 Å². The van der Waals surface area contributed by atoms with Gasteiger partial charge in [-0.05, 0) is 43.7 Å². The summed E-state index contributed by atoms with van der Waals surface area (Å²) in [5.74, 6) is 0.845. The zero-order valence-electron chi connectivity index (χ0n) is 19.8. The largest absolute Gasteiger partial charge is 0.450 e. The van der Waals surface area contributed by atoms with E-state index in [9.17, 15) is 4.79 Å². The van der Waals surface area contributed by atoms with Crippen LogP contribution in [-0.4, -0.2) is 68.2 Å². The third kappa shape index (κ3) is 5.67. The Labute approximate surface area is 210 Å². The van der Waals surface area contributed by atoms with Crippen LogP contribution < -0.4 is 10.6 Å². The van der Waals surface area contributed by atoms with Gasteiger partial charge < -0.3 is 15.0 Å². The smallest absolute Gasteiger partial charge is 0.413 e. The van der Waals surface area contributed by atoms with Gasteiger partial charge in [0.2, 0.25) is 5.95 Å². The summed E-state index contributed by atoms with van der Waals surface area (Å²) < 4.78 is 4.97. The Morgan fingerprint density at radius 3 is 2.75 bits per heavy atom. The molecular formula is C26H32N8O2. The zero-order chi connectivity index (χ0) is 24.2. The summed E-state index contributed by atoms with van der Waals surface area (Å²) in [6.45, 7) is 8.10. The van der Waals surface area contributed by atoms with E-state index < -0.39 is 6.09 Å². The average molecular weight is 489 g/mol. The van der Waals surface area contributed by atoms with Crippen molar-refractivity contribution in [2.24, 2.45) is 0 Å². The molecule has 10 heteroatoms. The van der Waals surface area contributed by atoms with E-state index in [1.165, 1.54) is 0 Å². The first kappa shape index (κ1) is 25.2. The Morgan fingerprint density at radius 2 is 2.03 bits per heavy atom. The second-order valence-corrected chi connectivity index (χ2v) is 8.55. The van der Waals surface area contributed by atoms with Crippen LogP contribution >= 0.6 is 0 Å². The Kier molecular flexibility index (Phi) is 7.87. The molecule has 4 heterocycles. The number of hydrogen-bond donors (Lipinski definition) is 3. The quantitative estimate of drug-likeness (QED) is 0.371. The number of aromatic amines is 1. The van der Waals surface area contributed by atoms with Gasteiger partial charge in [-0.15, -0.1) is 0 Å². The molecule has 0 saturated carbocycles. The molecule has 1 unspecified atom stereocenters. The lowest BCUT2D eigenvalue weighted by atomic mass is 10.0. The fourth-order valence-electron chi connectivity index (χ4n) is 4.29. The minimum Gasteiger partial charge on any atom is -0.450 e. The third-order valence-corrected chi connectivity index (χ3v) is 5.89. The van der Waals surface area contributed by atoms with Crippen LogP contribution in [0.2, 0.25) is 0 Å². The van der Waals surface area contributed by atoms with Gasteiger partial charge in [-0.25, -0.2) is 19.7 Å². The van der Waals surface area contributed by atoms with Gasteiger partial charge in [0.15, 0.2) is 5.82 Å². The molecule has 4 aromatic rings. The van der Waals surface area contributed by atoms with Crippen molar-refractivity contribution in [2.45, 2.75) is 33.9 Å². The normalized spacial score (nSPS) is 15.9. The molecule has 1 saturated heterocycles. The number of ether oxygens (including phenoxy) is 1. The summed E-state index contributed by atoms with van der Waals surface area (Å²) in [5, 5.41) is 6.10. The third-order valence-electron chi connectivity index (χ3n) is 5.89. The molecular weight excluding hydrogens is 456 g/mol. The van der Waals surface area contributed by atoms with Crippen molar-refractivity contribution in [1.82, 2.24) is 35.1 Å². The van der Waals surface area contributed by atoms with Gasteiger partial charge >= 0.3 is 6.09 Å². The summed E-state index contributed by atoms with van der Waals surface area (Å²) in [6, 6.07) is 10.4. The van der Waals surface area contributed by atoms with Gasteiger partial charge in [-0.2, -0.15) is 0 Å². The second kappa shape index (κ2) is 11.2. The Balaban J connectivity index is 0.00000304. The van der Waals surface area contributed by atoms with Crippen molar-refractivity contribution in [3.8, 4) is 22.5 Å². The summed E-state index contributed by atoms with van der Waals surface area (Å²) in [4.78, 5) is 35.6. The number of fused-ring (bicyclic) bond motifs is 1. The van der Waals surface area contributed by atoms with E-state index in [0.29, 0.717) is 23.3 Å². The van der Waals surface area contributed by atoms with Crippen LogP contribution in [-0.2, 0) is 11.3 Å². The Hall–Kier alpha value is -3.89. The number of benzene rings is 1. The molecule has 0 radical (unpaired) electrons. The average Bonchev–Trinajstić information content (AvgIpc) is 3.27. The number of nitrogens with zero attached hydrogens (tertiary/aromatic N) is 5. The van der Waals surface area contributed by atoms with Crippen molar-refractivity contribution >= 4 is 23.1 Å². The van der Waals surface area contributed by atoms with Crippen LogP contribution in [0.3, 0.4) is 0 Å². The molecule has 1 aliphatic rings. The molecule has 188 valence electrons. The minimum atomic E-state index is -0.567. The first-order chi connectivity index (χ1) is 17.1. The summed E-state index contributed by atoms with van der Waals surface area (Å²) >= 11 is 0. The molecule has 0 aliphatic carbocycles. The molecule has 1 aromatic carbocycles. The number of hydrogen-bond acceptors (Lipinski definition) is 8. The molecule has 3 N–H and O–H groups in total. The molecule has 3 aromatic heterocycles. The molecule has 1 aliphatic heterocycles. The molecule has 1 atom stereocenters. The van der Waals surface area contributed by atoms with Crippen LogP contribution in [0.1, 0.15) is 27.0 Å². The number of carbonyl (C=O) groups is 1. The lowest BCUT2D eigenvalue weighted by Crippen LogP contribution is -2.48. The molecule has 1 fully saturated rings. The SMILES string of the molecule is C.CCOC(=O)Nc1nc2c(-c3ncccn3)cc(-c3ccc(CN4CCNC(C)C4)nc3)cc2[nH]1. The van der Waals surface area contributed by atoms with E-state index in [2.05, 4.69) is 54.5 Å². The van der Waals surface area contributed by atoms with Gasteiger partial charge in [-0.1, -0.05) is 13.5 Å². The van der Waals surface area contributed by atoms with Crippen molar-refractivity contribution in [1.29, 1.82) is 0 Å². The second-order valence-electron chi connectivity index (χ2n) is 8.55. The summed E-state index contributed by atoms with van der Waals surface area (Å²) in [6.07, 6.45) is 4.71. The molecule has 1 amide bonds. The van der Waals surface area contributed by atoms with Gasteiger partial charge in [-0.3, -0.25) is 15.2 Å². The van der Waals surface area contributed by atoms with Gasteiger partial charge in [0, 0.05) is 61.9 Å². The van der Waals surface area contributed by atoms with Crippen molar-refractivity contribution in [3.05, 3.63) is 54.6 Å². The Morgan fingerprint density at radius 1 is 1.19 bits per heavy atom. The lowest BCUT2D eigenvalue weighted by Gasteiger charge is -2.31. The molecule has 5 rings (SSSR count). The molecule has 36 heavy (non-hydrogen) atoms.